The molecule has 0 unspecified atom stereocenters. The van der Waals surface area contributed by atoms with Crippen LogP contribution in [-0.4, -0.2) is 29.0 Å². The minimum Gasteiger partial charge on any atom is -0.300 e. The number of benzene rings is 1. The first kappa shape index (κ1) is 14.4. The Labute approximate surface area is 129 Å². The smallest absolute Gasteiger partial charge is 0.231 e. The highest BCUT2D eigenvalue weighted by molar-refractivity contribution is 6.36. The molecule has 0 saturated carbocycles. The van der Waals surface area contributed by atoms with Gasteiger partial charge in [-0.15, -0.1) is 6.58 Å². The van der Waals surface area contributed by atoms with Crippen LogP contribution >= 0.6 is 11.6 Å². The molecule has 110 valence electrons. The monoisotopic (exact) mass is 302 g/mol. The lowest BCUT2D eigenvalue weighted by atomic mass is 10.0. The second-order valence-corrected chi connectivity index (χ2v) is 6.01. The molecule has 3 rings (SSSR count). The van der Waals surface area contributed by atoms with Gasteiger partial charge in [-0.2, -0.15) is 0 Å². The third-order valence-electron chi connectivity index (χ3n) is 4.13. The maximum atomic E-state index is 12.6. The summed E-state index contributed by atoms with van der Waals surface area (Å²) in [5.74, 6) is 0.124. The molecule has 21 heavy (non-hydrogen) atoms. The Balaban J connectivity index is 2.22. The number of fused-ring (bicyclic) bond motifs is 3. The third-order valence-corrected chi connectivity index (χ3v) is 4.44. The van der Waals surface area contributed by atoms with Gasteiger partial charge in [0.1, 0.15) is 0 Å². The molecule has 4 heteroatoms. The summed E-state index contributed by atoms with van der Waals surface area (Å²) >= 11 is 6.40. The van der Waals surface area contributed by atoms with Gasteiger partial charge in [0.2, 0.25) is 5.91 Å². The molecule has 0 aliphatic carbocycles. The van der Waals surface area contributed by atoms with Crippen molar-refractivity contribution < 1.29 is 4.79 Å². The lowest BCUT2D eigenvalue weighted by molar-refractivity contribution is 0.0902. The Morgan fingerprint density at radius 1 is 1.48 bits per heavy atom. The topological polar surface area (TPSA) is 25.2 Å². The van der Waals surface area contributed by atoms with E-state index in [-0.39, 0.29) is 5.91 Å². The van der Waals surface area contributed by atoms with Crippen LogP contribution in [0.4, 0.5) is 0 Å². The zero-order valence-electron chi connectivity index (χ0n) is 12.2. The van der Waals surface area contributed by atoms with Crippen molar-refractivity contribution in [2.75, 3.05) is 13.6 Å². The van der Waals surface area contributed by atoms with Gasteiger partial charge in [-0.1, -0.05) is 23.7 Å². The molecule has 0 atom stereocenters. The van der Waals surface area contributed by atoms with Crippen LogP contribution in [0.25, 0.3) is 10.9 Å². The fourth-order valence-corrected chi connectivity index (χ4v) is 3.40. The van der Waals surface area contributed by atoms with E-state index in [1.165, 1.54) is 5.56 Å². The summed E-state index contributed by atoms with van der Waals surface area (Å²) in [6, 6.07) is 5.81. The summed E-state index contributed by atoms with van der Waals surface area (Å²) in [6.07, 6.45) is 3.91. The molecule has 0 saturated heterocycles. The van der Waals surface area contributed by atoms with Crippen LogP contribution < -0.4 is 0 Å². The van der Waals surface area contributed by atoms with E-state index in [0.717, 1.165) is 41.1 Å². The summed E-state index contributed by atoms with van der Waals surface area (Å²) in [6.45, 7) is 5.49. The van der Waals surface area contributed by atoms with Gasteiger partial charge in [0.05, 0.1) is 10.5 Å². The maximum absolute atomic E-state index is 12.6. The second kappa shape index (κ2) is 5.66. The molecular weight excluding hydrogens is 284 g/mol. The lowest BCUT2D eigenvalue weighted by Gasteiger charge is -2.24. The van der Waals surface area contributed by atoms with Gasteiger partial charge < -0.3 is 4.90 Å². The number of rotatable bonds is 3. The van der Waals surface area contributed by atoms with E-state index in [9.17, 15) is 4.79 Å². The number of hydrogen-bond acceptors (Lipinski definition) is 2. The minimum atomic E-state index is 0.124. The second-order valence-electron chi connectivity index (χ2n) is 5.60. The Kier molecular flexibility index (Phi) is 3.87. The normalized spacial score (nSPS) is 15.1. The van der Waals surface area contributed by atoms with E-state index in [1.807, 2.05) is 22.8 Å². The molecule has 0 bridgehead atoms. The van der Waals surface area contributed by atoms with Crippen LogP contribution in [-0.2, 0) is 13.0 Å². The van der Waals surface area contributed by atoms with E-state index >= 15 is 0 Å². The molecule has 1 aromatic carbocycles. The first-order valence-electron chi connectivity index (χ1n) is 7.26. The van der Waals surface area contributed by atoms with Crippen molar-refractivity contribution in [3.05, 3.63) is 47.1 Å². The van der Waals surface area contributed by atoms with Crippen LogP contribution in [0.1, 0.15) is 28.9 Å². The third kappa shape index (κ3) is 2.41. The predicted molar refractivity (Wildman–Crippen MR) is 87.0 cm³/mol. The number of nitrogens with zero attached hydrogens (tertiary/aromatic N) is 2. The van der Waals surface area contributed by atoms with Gasteiger partial charge in [-0.3, -0.25) is 9.36 Å². The summed E-state index contributed by atoms with van der Waals surface area (Å²) in [7, 11) is 2.08. The highest BCUT2D eigenvalue weighted by atomic mass is 35.5. The van der Waals surface area contributed by atoms with Gasteiger partial charge in [-0.05, 0) is 37.6 Å². The van der Waals surface area contributed by atoms with Gasteiger partial charge in [0.25, 0.3) is 0 Å². The fourth-order valence-electron chi connectivity index (χ4n) is 3.12. The van der Waals surface area contributed by atoms with E-state index in [4.69, 9.17) is 11.6 Å². The molecule has 0 radical (unpaired) electrons. The molecule has 3 nitrogen and oxygen atoms in total. The average Bonchev–Trinajstić information content (AvgIpc) is 2.79. The summed E-state index contributed by atoms with van der Waals surface area (Å²) in [5, 5.41) is 1.79. The number of carbonyl (C=O) groups excluding carboxylic acids is 1. The molecule has 0 spiro atoms. The average molecular weight is 303 g/mol. The molecule has 1 aliphatic heterocycles. The highest BCUT2D eigenvalue weighted by Gasteiger charge is 2.26. The van der Waals surface area contributed by atoms with Crippen LogP contribution in [0.5, 0.6) is 0 Å². The molecule has 1 aromatic heterocycles. The molecule has 0 fully saturated rings. The molecule has 2 heterocycles. The number of halogens is 1. The van der Waals surface area contributed by atoms with Crippen molar-refractivity contribution in [1.82, 2.24) is 9.47 Å². The molecule has 0 N–H and O–H groups in total. The van der Waals surface area contributed by atoms with Crippen LogP contribution in [0.2, 0.25) is 5.02 Å². The minimum absolute atomic E-state index is 0.124. The van der Waals surface area contributed by atoms with Crippen molar-refractivity contribution >= 4 is 28.4 Å². The molecule has 1 aliphatic rings. The largest absolute Gasteiger partial charge is 0.300 e. The summed E-state index contributed by atoms with van der Waals surface area (Å²) in [4.78, 5) is 14.9. The van der Waals surface area contributed by atoms with E-state index in [0.29, 0.717) is 12.8 Å². The number of hydrogen-bond donors (Lipinski definition) is 0. The standard InChI is InChI=1S/C17H19ClN2O/c1-3-4-8-16(21)20-14-7-5-6-13(18)17(14)12-9-10-19(2)11-15(12)20/h3,5-7H,1,4,8-11H2,2H3. The number of likely N-dealkylation sites (N-methyl/N-ethyl adjacent to an activating group) is 1. The maximum Gasteiger partial charge on any atom is 0.231 e. The Morgan fingerprint density at radius 3 is 3.05 bits per heavy atom. The van der Waals surface area contributed by atoms with Gasteiger partial charge in [0.15, 0.2) is 0 Å². The van der Waals surface area contributed by atoms with Crippen molar-refractivity contribution in [2.45, 2.75) is 25.8 Å². The number of allylic oxidation sites excluding steroid dienone is 1. The Bertz CT molecular complexity index is 717. The molecule has 2 aromatic rings. The summed E-state index contributed by atoms with van der Waals surface area (Å²) in [5.41, 5.74) is 3.28. The predicted octanol–water partition coefficient (Wildman–Crippen LogP) is 3.89. The van der Waals surface area contributed by atoms with Crippen molar-refractivity contribution in [1.29, 1.82) is 0 Å². The van der Waals surface area contributed by atoms with E-state index < -0.39 is 0 Å². The Morgan fingerprint density at radius 2 is 2.29 bits per heavy atom. The van der Waals surface area contributed by atoms with Gasteiger partial charge in [0, 0.05) is 30.6 Å². The van der Waals surface area contributed by atoms with Crippen LogP contribution in [0, 0.1) is 0 Å². The number of aromatic nitrogens is 1. The quantitative estimate of drug-likeness (QED) is 0.804. The zero-order chi connectivity index (χ0) is 15.0. The van der Waals surface area contributed by atoms with Crippen LogP contribution in [0.3, 0.4) is 0 Å². The van der Waals surface area contributed by atoms with E-state index in [2.05, 4.69) is 18.5 Å². The van der Waals surface area contributed by atoms with Gasteiger partial charge in [-0.25, -0.2) is 0 Å². The fraction of sp³-hybridized carbons (Fsp3) is 0.353. The first-order chi connectivity index (χ1) is 10.1. The molecular formula is C17H19ClN2O. The van der Waals surface area contributed by atoms with Crippen molar-refractivity contribution in [2.24, 2.45) is 0 Å². The van der Waals surface area contributed by atoms with Crippen molar-refractivity contribution in [3.8, 4) is 0 Å². The molecule has 0 amide bonds. The van der Waals surface area contributed by atoms with Crippen molar-refractivity contribution in [3.63, 3.8) is 0 Å². The highest BCUT2D eigenvalue weighted by Crippen LogP contribution is 2.35. The number of carbonyl (C=O) groups is 1. The summed E-state index contributed by atoms with van der Waals surface area (Å²) < 4.78 is 1.87. The SMILES string of the molecule is C=CCCC(=O)n1c2c(c3c(Cl)cccc31)CCN(C)C2. The first-order valence-corrected chi connectivity index (χ1v) is 7.64. The zero-order valence-corrected chi connectivity index (χ0v) is 13.0. The van der Waals surface area contributed by atoms with E-state index in [1.54, 1.807) is 6.08 Å². The van der Waals surface area contributed by atoms with Crippen LogP contribution in [0.15, 0.2) is 30.9 Å². The lowest BCUT2D eigenvalue weighted by Crippen LogP contribution is -2.29. The van der Waals surface area contributed by atoms with Gasteiger partial charge >= 0.3 is 0 Å². The Hall–Kier alpha value is -1.58.